The van der Waals surface area contributed by atoms with Crippen molar-refractivity contribution in [2.45, 2.75) is 25.8 Å². The number of nitrogens with one attached hydrogen (secondary N) is 2. The Labute approximate surface area is 91.4 Å². The number of rotatable bonds is 2. The van der Waals surface area contributed by atoms with E-state index in [1.165, 1.54) is 6.42 Å². The molecule has 0 spiro atoms. The minimum Gasteiger partial charge on any atom is -0.355 e. The van der Waals surface area contributed by atoms with Crippen LogP contribution in [0.1, 0.15) is 19.8 Å². The van der Waals surface area contributed by atoms with Crippen LogP contribution in [0.2, 0.25) is 0 Å². The molecule has 2 rings (SSSR count). The third-order valence-corrected chi connectivity index (χ3v) is 3.59. The SMILES string of the molecule is CCC1CNCC1N1CCCNC(=O)C1. The van der Waals surface area contributed by atoms with Crippen molar-refractivity contribution >= 4 is 5.91 Å². The molecule has 2 fully saturated rings. The maximum absolute atomic E-state index is 11.5. The summed E-state index contributed by atoms with van der Waals surface area (Å²) in [5.74, 6) is 0.908. The third-order valence-electron chi connectivity index (χ3n) is 3.59. The first-order valence-corrected chi connectivity index (χ1v) is 6.02. The van der Waals surface area contributed by atoms with E-state index in [4.69, 9.17) is 0 Å². The minimum atomic E-state index is 0.189. The number of hydrogen-bond acceptors (Lipinski definition) is 3. The molecule has 15 heavy (non-hydrogen) atoms. The Hall–Kier alpha value is -0.610. The first-order chi connectivity index (χ1) is 7.31. The summed E-state index contributed by atoms with van der Waals surface area (Å²) in [7, 11) is 0. The Bertz CT molecular complexity index is 232. The Morgan fingerprint density at radius 1 is 1.47 bits per heavy atom. The number of carbonyl (C=O) groups is 1. The van der Waals surface area contributed by atoms with Gasteiger partial charge >= 0.3 is 0 Å². The molecular formula is C11H21N3O. The van der Waals surface area contributed by atoms with Crippen molar-refractivity contribution in [2.24, 2.45) is 5.92 Å². The fraction of sp³-hybridized carbons (Fsp3) is 0.909. The zero-order valence-electron chi connectivity index (χ0n) is 9.46. The van der Waals surface area contributed by atoms with Crippen LogP contribution in [0, 0.1) is 5.92 Å². The average molecular weight is 211 g/mol. The predicted molar refractivity (Wildman–Crippen MR) is 59.6 cm³/mol. The van der Waals surface area contributed by atoms with E-state index in [2.05, 4.69) is 22.5 Å². The summed E-state index contributed by atoms with van der Waals surface area (Å²) in [6.07, 6.45) is 2.29. The van der Waals surface area contributed by atoms with Gasteiger partial charge in [-0.25, -0.2) is 0 Å². The van der Waals surface area contributed by atoms with Crippen LogP contribution in [0.15, 0.2) is 0 Å². The van der Waals surface area contributed by atoms with E-state index >= 15 is 0 Å². The monoisotopic (exact) mass is 211 g/mol. The second-order valence-electron chi connectivity index (χ2n) is 4.57. The van der Waals surface area contributed by atoms with Gasteiger partial charge in [-0.1, -0.05) is 13.3 Å². The summed E-state index contributed by atoms with van der Waals surface area (Å²) in [6.45, 7) is 6.88. The summed E-state index contributed by atoms with van der Waals surface area (Å²) in [5, 5.41) is 6.36. The highest BCUT2D eigenvalue weighted by molar-refractivity contribution is 5.78. The quantitative estimate of drug-likeness (QED) is 0.665. The lowest BCUT2D eigenvalue weighted by Crippen LogP contribution is -2.44. The Morgan fingerprint density at radius 3 is 3.13 bits per heavy atom. The average Bonchev–Trinajstić information content (AvgIpc) is 2.61. The van der Waals surface area contributed by atoms with Crippen LogP contribution < -0.4 is 10.6 Å². The predicted octanol–water partition coefficient (Wildman–Crippen LogP) is -0.194. The van der Waals surface area contributed by atoms with Gasteiger partial charge in [0.2, 0.25) is 5.91 Å². The molecule has 0 aliphatic carbocycles. The number of nitrogens with zero attached hydrogens (tertiary/aromatic N) is 1. The van der Waals surface area contributed by atoms with Crippen LogP contribution in [0.25, 0.3) is 0 Å². The molecule has 2 aliphatic heterocycles. The van der Waals surface area contributed by atoms with E-state index in [0.29, 0.717) is 12.6 Å². The molecular weight excluding hydrogens is 190 g/mol. The van der Waals surface area contributed by atoms with Gasteiger partial charge in [-0.2, -0.15) is 0 Å². The van der Waals surface area contributed by atoms with Crippen LogP contribution in [-0.4, -0.2) is 49.6 Å². The normalized spacial score (nSPS) is 33.8. The molecule has 2 N–H and O–H groups in total. The second-order valence-corrected chi connectivity index (χ2v) is 4.57. The fourth-order valence-corrected chi connectivity index (χ4v) is 2.68. The van der Waals surface area contributed by atoms with E-state index in [1.807, 2.05) is 0 Å². The van der Waals surface area contributed by atoms with E-state index in [-0.39, 0.29) is 5.91 Å². The van der Waals surface area contributed by atoms with Crippen molar-refractivity contribution in [1.29, 1.82) is 0 Å². The summed E-state index contributed by atoms with van der Waals surface area (Å²) >= 11 is 0. The Morgan fingerprint density at radius 2 is 2.33 bits per heavy atom. The van der Waals surface area contributed by atoms with Crippen molar-refractivity contribution in [2.75, 3.05) is 32.7 Å². The lowest BCUT2D eigenvalue weighted by molar-refractivity contribution is -0.122. The lowest BCUT2D eigenvalue weighted by Gasteiger charge is -2.29. The standard InChI is InChI=1S/C11H21N3O/c1-2-9-6-12-7-10(9)14-5-3-4-13-11(15)8-14/h9-10,12H,2-8H2,1H3,(H,13,15). The Kier molecular flexibility index (Phi) is 3.59. The molecule has 0 radical (unpaired) electrons. The molecule has 2 aliphatic rings. The van der Waals surface area contributed by atoms with Gasteiger partial charge in [-0.3, -0.25) is 9.69 Å². The van der Waals surface area contributed by atoms with Crippen LogP contribution in [0.4, 0.5) is 0 Å². The molecule has 0 aromatic heterocycles. The summed E-state index contributed by atoms with van der Waals surface area (Å²) in [6, 6.07) is 0.568. The molecule has 4 nitrogen and oxygen atoms in total. The van der Waals surface area contributed by atoms with Gasteiger partial charge in [0.05, 0.1) is 6.54 Å². The summed E-state index contributed by atoms with van der Waals surface area (Å²) < 4.78 is 0. The number of hydrogen-bond donors (Lipinski definition) is 2. The maximum atomic E-state index is 11.5. The fourth-order valence-electron chi connectivity index (χ4n) is 2.68. The highest BCUT2D eigenvalue weighted by Gasteiger charge is 2.32. The zero-order chi connectivity index (χ0) is 10.7. The van der Waals surface area contributed by atoms with Gasteiger partial charge in [0.25, 0.3) is 0 Å². The van der Waals surface area contributed by atoms with Gasteiger partial charge < -0.3 is 10.6 Å². The van der Waals surface area contributed by atoms with Crippen molar-refractivity contribution in [3.63, 3.8) is 0 Å². The molecule has 2 unspecified atom stereocenters. The molecule has 1 amide bonds. The van der Waals surface area contributed by atoms with Crippen molar-refractivity contribution in [3.8, 4) is 0 Å². The van der Waals surface area contributed by atoms with E-state index in [0.717, 1.165) is 38.5 Å². The van der Waals surface area contributed by atoms with Crippen LogP contribution in [0.5, 0.6) is 0 Å². The molecule has 86 valence electrons. The van der Waals surface area contributed by atoms with Crippen LogP contribution in [0.3, 0.4) is 0 Å². The molecule has 2 atom stereocenters. The summed E-state index contributed by atoms with van der Waals surface area (Å²) in [4.78, 5) is 13.8. The highest BCUT2D eigenvalue weighted by atomic mass is 16.2. The maximum Gasteiger partial charge on any atom is 0.234 e. The first kappa shape index (κ1) is 10.9. The van der Waals surface area contributed by atoms with Gasteiger partial charge in [0.15, 0.2) is 0 Å². The Balaban J connectivity index is 1.98. The minimum absolute atomic E-state index is 0.189. The van der Waals surface area contributed by atoms with Crippen molar-refractivity contribution < 1.29 is 4.79 Å². The highest BCUT2D eigenvalue weighted by Crippen LogP contribution is 2.19. The third kappa shape index (κ3) is 2.49. The van der Waals surface area contributed by atoms with Crippen LogP contribution >= 0.6 is 0 Å². The topological polar surface area (TPSA) is 44.4 Å². The molecule has 2 heterocycles. The van der Waals surface area contributed by atoms with E-state index in [1.54, 1.807) is 0 Å². The first-order valence-electron chi connectivity index (χ1n) is 6.02. The van der Waals surface area contributed by atoms with Gasteiger partial charge in [-0.15, -0.1) is 0 Å². The number of carbonyl (C=O) groups excluding carboxylic acids is 1. The molecule has 0 aromatic rings. The van der Waals surface area contributed by atoms with Gasteiger partial charge in [-0.05, 0) is 18.9 Å². The second kappa shape index (κ2) is 4.94. The summed E-state index contributed by atoms with van der Waals surface area (Å²) in [5.41, 5.74) is 0. The molecule has 0 bridgehead atoms. The smallest absolute Gasteiger partial charge is 0.234 e. The van der Waals surface area contributed by atoms with Crippen molar-refractivity contribution in [1.82, 2.24) is 15.5 Å². The van der Waals surface area contributed by atoms with E-state index < -0.39 is 0 Å². The van der Waals surface area contributed by atoms with Crippen molar-refractivity contribution in [3.05, 3.63) is 0 Å². The zero-order valence-corrected chi connectivity index (χ0v) is 9.46. The van der Waals surface area contributed by atoms with Gasteiger partial charge in [0, 0.05) is 25.7 Å². The number of amides is 1. The lowest BCUT2D eigenvalue weighted by atomic mass is 9.99. The molecule has 0 saturated carbocycles. The molecule has 0 aromatic carbocycles. The van der Waals surface area contributed by atoms with Crippen LogP contribution in [-0.2, 0) is 4.79 Å². The van der Waals surface area contributed by atoms with E-state index in [9.17, 15) is 4.79 Å². The largest absolute Gasteiger partial charge is 0.355 e. The molecule has 2 saturated heterocycles. The molecule has 4 heteroatoms. The van der Waals surface area contributed by atoms with Gasteiger partial charge in [0.1, 0.15) is 0 Å².